The number of aliphatic hydroxyl groups excluding tert-OH is 1. The summed E-state index contributed by atoms with van der Waals surface area (Å²) in [6.07, 6.45) is 3.33. The number of hydrogen-bond acceptors (Lipinski definition) is 3. The molecule has 1 aliphatic rings. The third-order valence-corrected chi connectivity index (χ3v) is 5.49. The Labute approximate surface area is 159 Å². The molecule has 5 heteroatoms. The van der Waals surface area contributed by atoms with Gasteiger partial charge in [-0.15, -0.1) is 0 Å². The highest BCUT2D eigenvalue weighted by molar-refractivity contribution is 5.95. The van der Waals surface area contributed by atoms with Crippen molar-refractivity contribution in [3.8, 4) is 11.4 Å². The van der Waals surface area contributed by atoms with Crippen LogP contribution in [-0.2, 0) is 0 Å². The first-order valence-corrected chi connectivity index (χ1v) is 9.71. The highest BCUT2D eigenvalue weighted by atomic mass is 16.3. The Bertz CT molecular complexity index is 899. The third-order valence-electron chi connectivity index (χ3n) is 5.49. The van der Waals surface area contributed by atoms with E-state index in [1.165, 1.54) is 0 Å². The molecule has 0 bridgehead atoms. The number of para-hydroxylation sites is 2. The molecule has 0 unspecified atom stereocenters. The molecule has 2 atom stereocenters. The predicted octanol–water partition coefficient (Wildman–Crippen LogP) is 4.00. The summed E-state index contributed by atoms with van der Waals surface area (Å²) in [7, 11) is 0. The van der Waals surface area contributed by atoms with Crippen LogP contribution in [0.3, 0.4) is 0 Å². The largest absolute Gasteiger partial charge is 0.391 e. The van der Waals surface area contributed by atoms with Crippen LogP contribution in [0.4, 0.5) is 0 Å². The van der Waals surface area contributed by atoms with Gasteiger partial charge in [0.05, 0.1) is 23.2 Å². The zero-order valence-corrected chi connectivity index (χ0v) is 15.6. The molecule has 1 amide bonds. The van der Waals surface area contributed by atoms with Crippen molar-refractivity contribution >= 4 is 16.9 Å². The van der Waals surface area contributed by atoms with Crippen LogP contribution in [0, 0.1) is 0 Å². The monoisotopic (exact) mass is 363 g/mol. The minimum absolute atomic E-state index is 0.0143. The molecule has 1 aromatic heterocycles. The molecule has 2 N–H and O–H groups in total. The summed E-state index contributed by atoms with van der Waals surface area (Å²) in [5, 5.41) is 10.3. The molecule has 0 spiro atoms. The number of carbonyl (C=O) groups is 1. The fraction of sp³-hybridized carbons (Fsp3) is 0.364. The van der Waals surface area contributed by atoms with E-state index in [1.54, 1.807) is 0 Å². The first-order valence-electron chi connectivity index (χ1n) is 9.71. The topological polar surface area (TPSA) is 69.2 Å². The number of aromatic amines is 1. The quantitative estimate of drug-likeness (QED) is 0.736. The normalized spacial score (nSPS) is 19.9. The maximum absolute atomic E-state index is 13.0. The summed E-state index contributed by atoms with van der Waals surface area (Å²) >= 11 is 0. The van der Waals surface area contributed by atoms with Crippen LogP contribution in [-0.4, -0.2) is 44.6 Å². The first-order chi connectivity index (χ1) is 13.2. The predicted molar refractivity (Wildman–Crippen MR) is 107 cm³/mol. The SMILES string of the molecule is CCN(C(=O)c1ccc(-c2nc3ccccc3[nH]2)cc1)[C@@H]1CCCC[C@H]1O. The maximum Gasteiger partial charge on any atom is 0.254 e. The van der Waals surface area contributed by atoms with Gasteiger partial charge in [0, 0.05) is 17.7 Å². The molecule has 4 rings (SSSR count). The fourth-order valence-electron chi connectivity index (χ4n) is 4.01. The Morgan fingerprint density at radius 1 is 1.15 bits per heavy atom. The summed E-state index contributed by atoms with van der Waals surface area (Å²) in [5.74, 6) is 0.782. The zero-order valence-electron chi connectivity index (χ0n) is 15.6. The van der Waals surface area contributed by atoms with Crippen LogP contribution in [0.15, 0.2) is 48.5 Å². The second-order valence-electron chi connectivity index (χ2n) is 7.19. The van der Waals surface area contributed by atoms with E-state index in [9.17, 15) is 9.90 Å². The zero-order chi connectivity index (χ0) is 18.8. The van der Waals surface area contributed by atoms with Crippen molar-refractivity contribution in [3.63, 3.8) is 0 Å². The van der Waals surface area contributed by atoms with Gasteiger partial charge in [0.15, 0.2) is 0 Å². The van der Waals surface area contributed by atoms with Gasteiger partial charge in [0.1, 0.15) is 5.82 Å². The lowest BCUT2D eigenvalue weighted by molar-refractivity contribution is 0.0196. The maximum atomic E-state index is 13.0. The Hall–Kier alpha value is -2.66. The Morgan fingerprint density at radius 3 is 2.59 bits per heavy atom. The molecular formula is C22H25N3O2. The van der Waals surface area contributed by atoms with E-state index in [1.807, 2.05) is 60.4 Å². The van der Waals surface area contributed by atoms with E-state index in [-0.39, 0.29) is 11.9 Å². The second kappa shape index (κ2) is 7.53. The standard InChI is InChI=1S/C22H25N3O2/c1-2-25(19-9-5-6-10-20(19)26)22(27)16-13-11-15(12-14-16)21-23-17-7-3-4-8-18(17)24-21/h3-4,7-8,11-14,19-20,26H,2,5-6,9-10H2,1H3,(H,23,24)/t19-,20-/m1/s1. The van der Waals surface area contributed by atoms with E-state index >= 15 is 0 Å². The molecule has 140 valence electrons. The second-order valence-corrected chi connectivity index (χ2v) is 7.19. The van der Waals surface area contributed by atoms with E-state index in [4.69, 9.17) is 0 Å². The Morgan fingerprint density at radius 2 is 1.89 bits per heavy atom. The van der Waals surface area contributed by atoms with E-state index in [0.29, 0.717) is 12.1 Å². The average Bonchev–Trinajstić information content (AvgIpc) is 3.14. The number of imidazole rings is 1. The summed E-state index contributed by atoms with van der Waals surface area (Å²) in [6.45, 7) is 2.58. The van der Waals surface area contributed by atoms with Crippen LogP contribution >= 0.6 is 0 Å². The van der Waals surface area contributed by atoms with Gasteiger partial charge < -0.3 is 15.0 Å². The van der Waals surface area contributed by atoms with Gasteiger partial charge in [0.25, 0.3) is 5.91 Å². The van der Waals surface area contributed by atoms with Crippen molar-refractivity contribution < 1.29 is 9.90 Å². The van der Waals surface area contributed by atoms with E-state index in [0.717, 1.165) is 48.1 Å². The third kappa shape index (κ3) is 3.47. The summed E-state index contributed by atoms with van der Waals surface area (Å²) in [4.78, 5) is 22.7. The average molecular weight is 363 g/mol. The number of benzene rings is 2. The highest BCUT2D eigenvalue weighted by Gasteiger charge is 2.31. The molecule has 27 heavy (non-hydrogen) atoms. The number of likely N-dealkylation sites (N-methyl/N-ethyl adjacent to an activating group) is 1. The molecule has 5 nitrogen and oxygen atoms in total. The summed E-state index contributed by atoms with van der Waals surface area (Å²) in [6, 6.07) is 15.4. The van der Waals surface area contributed by atoms with Crippen LogP contribution in [0.1, 0.15) is 43.0 Å². The van der Waals surface area contributed by atoms with Crippen molar-refractivity contribution in [2.75, 3.05) is 6.54 Å². The van der Waals surface area contributed by atoms with Gasteiger partial charge in [-0.2, -0.15) is 0 Å². The van der Waals surface area contributed by atoms with Crippen LogP contribution in [0.2, 0.25) is 0 Å². The number of carbonyl (C=O) groups excluding carboxylic acids is 1. The smallest absolute Gasteiger partial charge is 0.254 e. The molecular weight excluding hydrogens is 338 g/mol. The Balaban J connectivity index is 1.56. The molecule has 3 aromatic rings. The number of aromatic nitrogens is 2. The van der Waals surface area contributed by atoms with Crippen LogP contribution < -0.4 is 0 Å². The van der Waals surface area contributed by atoms with Gasteiger partial charge in [0.2, 0.25) is 0 Å². The molecule has 1 saturated carbocycles. The number of nitrogens with zero attached hydrogens (tertiary/aromatic N) is 2. The lowest BCUT2D eigenvalue weighted by Crippen LogP contribution is -2.48. The van der Waals surface area contributed by atoms with Gasteiger partial charge >= 0.3 is 0 Å². The molecule has 0 saturated heterocycles. The van der Waals surface area contributed by atoms with Gasteiger partial charge in [-0.25, -0.2) is 4.98 Å². The number of H-pyrrole nitrogens is 1. The van der Waals surface area contributed by atoms with Crippen molar-refractivity contribution in [2.24, 2.45) is 0 Å². The van der Waals surface area contributed by atoms with Crippen LogP contribution in [0.5, 0.6) is 0 Å². The Kier molecular flexibility index (Phi) is 4.94. The number of amides is 1. The van der Waals surface area contributed by atoms with Crippen molar-refractivity contribution in [2.45, 2.75) is 44.8 Å². The van der Waals surface area contributed by atoms with Crippen molar-refractivity contribution in [3.05, 3.63) is 54.1 Å². The fourth-order valence-corrected chi connectivity index (χ4v) is 4.01. The minimum atomic E-state index is -0.419. The van der Waals surface area contributed by atoms with E-state index < -0.39 is 6.10 Å². The molecule has 1 aliphatic carbocycles. The lowest BCUT2D eigenvalue weighted by Gasteiger charge is -2.37. The summed E-state index contributed by atoms with van der Waals surface area (Å²) in [5.41, 5.74) is 3.52. The van der Waals surface area contributed by atoms with Gasteiger partial charge in [-0.3, -0.25) is 4.79 Å². The number of fused-ring (bicyclic) bond motifs is 1. The molecule has 0 aliphatic heterocycles. The molecule has 2 aromatic carbocycles. The van der Waals surface area contributed by atoms with Crippen LogP contribution in [0.25, 0.3) is 22.4 Å². The number of rotatable bonds is 4. The lowest BCUT2D eigenvalue weighted by atomic mass is 9.91. The number of aliphatic hydroxyl groups is 1. The van der Waals surface area contributed by atoms with E-state index in [2.05, 4.69) is 9.97 Å². The molecule has 1 fully saturated rings. The van der Waals surface area contributed by atoms with Gasteiger partial charge in [-0.05, 0) is 44.0 Å². The molecule has 1 heterocycles. The molecule has 0 radical (unpaired) electrons. The van der Waals surface area contributed by atoms with Crippen molar-refractivity contribution in [1.82, 2.24) is 14.9 Å². The van der Waals surface area contributed by atoms with Gasteiger partial charge in [-0.1, -0.05) is 37.1 Å². The number of nitrogens with one attached hydrogen (secondary N) is 1. The minimum Gasteiger partial charge on any atom is -0.391 e. The van der Waals surface area contributed by atoms with Crippen molar-refractivity contribution in [1.29, 1.82) is 0 Å². The highest BCUT2D eigenvalue weighted by Crippen LogP contribution is 2.26. The first kappa shape index (κ1) is 17.7. The summed E-state index contributed by atoms with van der Waals surface area (Å²) < 4.78 is 0. The number of hydrogen-bond donors (Lipinski definition) is 2.